The van der Waals surface area contributed by atoms with Crippen LogP contribution in [-0.4, -0.2) is 32.2 Å². The van der Waals surface area contributed by atoms with Crippen molar-refractivity contribution in [2.24, 2.45) is 0 Å². The minimum atomic E-state index is -4.57. The zero-order chi connectivity index (χ0) is 16.9. The molecule has 0 saturated carbocycles. The minimum Gasteiger partial charge on any atom is -0.326 e. The SMILES string of the molecule is CCSCCC(=O)Nc1ccc(-n2cncn2)c(C(F)(F)F)c1. The van der Waals surface area contributed by atoms with E-state index in [2.05, 4.69) is 15.4 Å². The average molecular weight is 344 g/mol. The summed E-state index contributed by atoms with van der Waals surface area (Å²) in [6.07, 6.45) is -1.98. The molecule has 9 heteroatoms. The molecule has 124 valence electrons. The third-order valence-corrected chi connectivity index (χ3v) is 3.83. The van der Waals surface area contributed by atoms with E-state index in [1.165, 1.54) is 18.5 Å². The molecule has 0 fully saturated rings. The standard InChI is InChI=1S/C14H15F3N4OS/c1-2-23-6-5-13(22)20-10-3-4-12(21-9-18-8-19-21)11(7-10)14(15,16)17/h3-4,7-9H,2,5-6H2,1H3,(H,20,22). The lowest BCUT2D eigenvalue weighted by Crippen LogP contribution is -2.15. The van der Waals surface area contributed by atoms with Crippen LogP contribution in [0.1, 0.15) is 18.9 Å². The first-order valence-corrected chi connectivity index (χ1v) is 8.01. The van der Waals surface area contributed by atoms with Crippen molar-refractivity contribution in [1.29, 1.82) is 0 Å². The van der Waals surface area contributed by atoms with Crippen molar-refractivity contribution >= 4 is 23.4 Å². The van der Waals surface area contributed by atoms with E-state index >= 15 is 0 Å². The predicted octanol–water partition coefficient (Wildman–Crippen LogP) is 3.37. The molecule has 1 amide bonds. The summed E-state index contributed by atoms with van der Waals surface area (Å²) >= 11 is 1.60. The number of nitrogens with one attached hydrogen (secondary N) is 1. The Labute approximate surface area is 135 Å². The number of anilines is 1. The van der Waals surface area contributed by atoms with Gasteiger partial charge in [0.15, 0.2) is 0 Å². The van der Waals surface area contributed by atoms with E-state index < -0.39 is 11.7 Å². The van der Waals surface area contributed by atoms with Crippen LogP contribution in [0.5, 0.6) is 0 Å². The Morgan fingerprint density at radius 1 is 1.39 bits per heavy atom. The highest BCUT2D eigenvalue weighted by molar-refractivity contribution is 7.99. The van der Waals surface area contributed by atoms with Gasteiger partial charge in [-0.15, -0.1) is 0 Å². The fourth-order valence-electron chi connectivity index (χ4n) is 1.91. The Bertz CT molecular complexity index is 659. The summed E-state index contributed by atoms with van der Waals surface area (Å²) in [5.74, 6) is 1.21. The van der Waals surface area contributed by atoms with Crippen LogP contribution in [0.3, 0.4) is 0 Å². The van der Waals surface area contributed by atoms with Crippen LogP contribution in [0.2, 0.25) is 0 Å². The molecule has 23 heavy (non-hydrogen) atoms. The van der Waals surface area contributed by atoms with E-state index in [0.29, 0.717) is 5.75 Å². The first kappa shape index (κ1) is 17.3. The van der Waals surface area contributed by atoms with Gasteiger partial charge in [0.1, 0.15) is 12.7 Å². The van der Waals surface area contributed by atoms with Crippen LogP contribution in [-0.2, 0) is 11.0 Å². The Kier molecular flexibility index (Phi) is 5.64. The Morgan fingerprint density at radius 3 is 2.78 bits per heavy atom. The fourth-order valence-corrected chi connectivity index (χ4v) is 2.52. The quantitative estimate of drug-likeness (QED) is 0.816. The first-order chi connectivity index (χ1) is 10.9. The van der Waals surface area contributed by atoms with Gasteiger partial charge in [0.05, 0.1) is 11.3 Å². The number of alkyl halides is 3. The molecule has 2 rings (SSSR count). The molecular formula is C14H15F3N4OS. The van der Waals surface area contributed by atoms with E-state index in [9.17, 15) is 18.0 Å². The highest BCUT2D eigenvalue weighted by Crippen LogP contribution is 2.35. The van der Waals surface area contributed by atoms with Gasteiger partial charge in [0.2, 0.25) is 5.91 Å². The van der Waals surface area contributed by atoms with E-state index in [1.54, 1.807) is 11.8 Å². The van der Waals surface area contributed by atoms with Crippen LogP contribution in [0.15, 0.2) is 30.9 Å². The number of carbonyl (C=O) groups is 1. The Morgan fingerprint density at radius 2 is 2.17 bits per heavy atom. The van der Waals surface area contributed by atoms with Crippen molar-refractivity contribution in [2.45, 2.75) is 19.5 Å². The Hall–Kier alpha value is -2.03. The summed E-state index contributed by atoms with van der Waals surface area (Å²) in [6.45, 7) is 1.97. The van der Waals surface area contributed by atoms with Crippen LogP contribution in [0.25, 0.3) is 5.69 Å². The predicted molar refractivity (Wildman–Crippen MR) is 82.6 cm³/mol. The number of benzene rings is 1. The third-order valence-electron chi connectivity index (χ3n) is 2.93. The number of aromatic nitrogens is 3. The first-order valence-electron chi connectivity index (χ1n) is 6.85. The molecule has 0 atom stereocenters. The number of rotatable bonds is 6. The van der Waals surface area contributed by atoms with Crippen molar-refractivity contribution < 1.29 is 18.0 Å². The molecular weight excluding hydrogens is 329 g/mol. The van der Waals surface area contributed by atoms with Crippen LogP contribution < -0.4 is 5.32 Å². The molecule has 0 aliphatic rings. The van der Waals surface area contributed by atoms with Gasteiger partial charge < -0.3 is 5.32 Å². The molecule has 1 heterocycles. The van der Waals surface area contributed by atoms with Gasteiger partial charge in [0.25, 0.3) is 0 Å². The summed E-state index contributed by atoms with van der Waals surface area (Å²) in [5, 5.41) is 6.20. The summed E-state index contributed by atoms with van der Waals surface area (Å²) in [7, 11) is 0. The van der Waals surface area contributed by atoms with Gasteiger partial charge in [-0.1, -0.05) is 6.92 Å². The number of hydrogen-bond acceptors (Lipinski definition) is 4. The van der Waals surface area contributed by atoms with Crippen LogP contribution >= 0.6 is 11.8 Å². The molecule has 0 spiro atoms. The topological polar surface area (TPSA) is 59.8 Å². The van der Waals surface area contributed by atoms with E-state index in [0.717, 1.165) is 22.8 Å². The molecule has 0 aliphatic carbocycles. The van der Waals surface area contributed by atoms with Gasteiger partial charge in [-0.25, -0.2) is 9.67 Å². The third kappa shape index (κ3) is 4.72. The number of thioether (sulfide) groups is 1. The van der Waals surface area contributed by atoms with Gasteiger partial charge in [-0.3, -0.25) is 4.79 Å². The summed E-state index contributed by atoms with van der Waals surface area (Å²) < 4.78 is 40.7. The van der Waals surface area contributed by atoms with Crippen molar-refractivity contribution in [2.75, 3.05) is 16.8 Å². The van der Waals surface area contributed by atoms with Crippen molar-refractivity contribution in [3.05, 3.63) is 36.4 Å². The molecule has 2 aromatic rings. The van der Waals surface area contributed by atoms with Crippen molar-refractivity contribution in [3.63, 3.8) is 0 Å². The maximum absolute atomic E-state index is 13.2. The van der Waals surface area contributed by atoms with Crippen LogP contribution in [0, 0.1) is 0 Å². The van der Waals surface area contributed by atoms with E-state index in [4.69, 9.17) is 0 Å². The summed E-state index contributed by atoms with van der Waals surface area (Å²) in [6, 6.07) is 3.58. The second-order valence-corrected chi connectivity index (χ2v) is 5.96. The number of amides is 1. The lowest BCUT2D eigenvalue weighted by Gasteiger charge is -2.14. The molecule has 1 aromatic heterocycles. The van der Waals surface area contributed by atoms with Gasteiger partial charge in [0, 0.05) is 17.9 Å². The number of nitrogens with zero attached hydrogens (tertiary/aromatic N) is 3. The molecule has 0 bridgehead atoms. The highest BCUT2D eigenvalue weighted by atomic mass is 32.2. The van der Waals surface area contributed by atoms with E-state index in [-0.39, 0.29) is 23.7 Å². The van der Waals surface area contributed by atoms with E-state index in [1.807, 2.05) is 6.92 Å². The van der Waals surface area contributed by atoms with Crippen LogP contribution in [0.4, 0.5) is 18.9 Å². The van der Waals surface area contributed by atoms with Crippen molar-refractivity contribution in [3.8, 4) is 5.69 Å². The molecule has 0 radical (unpaired) electrons. The second-order valence-electron chi connectivity index (χ2n) is 4.56. The summed E-state index contributed by atoms with van der Waals surface area (Å²) in [5.41, 5.74) is -0.925. The second kappa shape index (κ2) is 7.49. The largest absolute Gasteiger partial charge is 0.418 e. The normalized spacial score (nSPS) is 11.5. The lowest BCUT2D eigenvalue weighted by atomic mass is 10.1. The molecule has 0 saturated heterocycles. The smallest absolute Gasteiger partial charge is 0.326 e. The maximum Gasteiger partial charge on any atom is 0.418 e. The van der Waals surface area contributed by atoms with Gasteiger partial charge in [-0.2, -0.15) is 30.0 Å². The fraction of sp³-hybridized carbons (Fsp3) is 0.357. The molecule has 0 unspecified atom stereocenters. The number of carbonyl (C=O) groups excluding carboxylic acids is 1. The van der Waals surface area contributed by atoms with Gasteiger partial charge in [-0.05, 0) is 24.0 Å². The highest BCUT2D eigenvalue weighted by Gasteiger charge is 2.34. The minimum absolute atomic E-state index is 0.104. The molecule has 1 aromatic carbocycles. The number of hydrogen-bond donors (Lipinski definition) is 1. The number of halogens is 3. The molecule has 0 aliphatic heterocycles. The summed E-state index contributed by atoms with van der Waals surface area (Å²) in [4.78, 5) is 15.4. The van der Waals surface area contributed by atoms with Crippen molar-refractivity contribution in [1.82, 2.24) is 14.8 Å². The average Bonchev–Trinajstić information content (AvgIpc) is 3.00. The zero-order valence-corrected chi connectivity index (χ0v) is 13.1. The van der Waals surface area contributed by atoms with Gasteiger partial charge >= 0.3 is 6.18 Å². The Balaban J connectivity index is 2.22. The molecule has 5 nitrogen and oxygen atoms in total. The molecule has 1 N–H and O–H groups in total. The monoisotopic (exact) mass is 344 g/mol. The maximum atomic E-state index is 13.2. The zero-order valence-electron chi connectivity index (χ0n) is 12.3. The lowest BCUT2D eigenvalue weighted by molar-refractivity contribution is -0.137.